The minimum absolute atomic E-state index is 0.236. The van der Waals surface area contributed by atoms with Crippen molar-refractivity contribution in [2.45, 2.75) is 32.8 Å². The molecule has 2 nitrogen and oxygen atoms in total. The molecule has 0 spiro atoms. The van der Waals surface area contributed by atoms with Crippen molar-refractivity contribution in [1.29, 1.82) is 0 Å². The molecule has 0 aliphatic rings. The monoisotopic (exact) mass is 193 g/mol. The second-order valence-corrected chi connectivity index (χ2v) is 3.71. The Morgan fingerprint density at radius 3 is 2.79 bits per heavy atom. The number of aryl methyl sites for hydroxylation is 1. The zero-order valence-corrected chi connectivity index (χ0v) is 8.99. The van der Waals surface area contributed by atoms with Crippen LogP contribution in [-0.2, 0) is 6.42 Å². The molecular weight excluding hydrogens is 174 g/mol. The number of benzene rings is 1. The largest absolute Gasteiger partial charge is 0.491 e. The van der Waals surface area contributed by atoms with E-state index in [9.17, 15) is 0 Å². The molecule has 0 heterocycles. The van der Waals surface area contributed by atoms with E-state index in [1.54, 1.807) is 0 Å². The van der Waals surface area contributed by atoms with Gasteiger partial charge in [0.1, 0.15) is 5.75 Å². The molecule has 0 aliphatic heterocycles. The van der Waals surface area contributed by atoms with E-state index in [2.05, 4.69) is 12.1 Å². The van der Waals surface area contributed by atoms with Crippen LogP contribution in [0.25, 0.3) is 0 Å². The summed E-state index contributed by atoms with van der Waals surface area (Å²) in [7, 11) is 0. The first-order valence-corrected chi connectivity index (χ1v) is 5.18. The van der Waals surface area contributed by atoms with Crippen LogP contribution in [0.2, 0.25) is 0 Å². The number of hydrogen-bond acceptors (Lipinski definition) is 2. The second-order valence-electron chi connectivity index (χ2n) is 3.71. The van der Waals surface area contributed by atoms with E-state index in [0.29, 0.717) is 0 Å². The molecule has 0 aromatic heterocycles. The summed E-state index contributed by atoms with van der Waals surface area (Å²) in [5.74, 6) is 0.953. The highest BCUT2D eigenvalue weighted by atomic mass is 16.5. The molecule has 0 aliphatic carbocycles. The van der Waals surface area contributed by atoms with E-state index in [1.807, 2.05) is 26.0 Å². The zero-order chi connectivity index (χ0) is 10.4. The van der Waals surface area contributed by atoms with Crippen molar-refractivity contribution < 1.29 is 4.74 Å². The topological polar surface area (TPSA) is 35.2 Å². The molecule has 0 fully saturated rings. The van der Waals surface area contributed by atoms with Crippen molar-refractivity contribution in [3.63, 3.8) is 0 Å². The molecule has 0 atom stereocenters. The van der Waals surface area contributed by atoms with Gasteiger partial charge in [-0.1, -0.05) is 12.1 Å². The van der Waals surface area contributed by atoms with Gasteiger partial charge in [-0.2, -0.15) is 0 Å². The summed E-state index contributed by atoms with van der Waals surface area (Å²) in [6.45, 7) is 4.81. The lowest BCUT2D eigenvalue weighted by Gasteiger charge is -2.10. The Balaban J connectivity index is 2.59. The van der Waals surface area contributed by atoms with Gasteiger partial charge >= 0.3 is 0 Å². The molecule has 78 valence electrons. The summed E-state index contributed by atoms with van der Waals surface area (Å²) in [5, 5.41) is 0. The van der Waals surface area contributed by atoms with Crippen LogP contribution in [0, 0.1) is 0 Å². The maximum absolute atomic E-state index is 5.60. The molecule has 0 saturated carbocycles. The first kappa shape index (κ1) is 11.1. The summed E-state index contributed by atoms with van der Waals surface area (Å²) >= 11 is 0. The van der Waals surface area contributed by atoms with Crippen LogP contribution in [0.4, 0.5) is 0 Å². The fourth-order valence-electron chi connectivity index (χ4n) is 1.35. The number of hydrogen-bond donors (Lipinski definition) is 1. The van der Waals surface area contributed by atoms with Gasteiger partial charge in [-0.15, -0.1) is 0 Å². The molecule has 0 bridgehead atoms. The minimum atomic E-state index is 0.236. The standard InChI is InChI=1S/C12H19NO/c1-10(2)14-12-7-3-5-11(9-12)6-4-8-13/h3,5,7,9-10H,4,6,8,13H2,1-2H3. The van der Waals surface area contributed by atoms with Crippen LogP contribution in [0.3, 0.4) is 0 Å². The van der Waals surface area contributed by atoms with Crippen molar-refractivity contribution in [3.8, 4) is 5.75 Å². The van der Waals surface area contributed by atoms with Gasteiger partial charge < -0.3 is 10.5 Å². The van der Waals surface area contributed by atoms with Crippen molar-refractivity contribution >= 4 is 0 Å². The van der Waals surface area contributed by atoms with E-state index in [-0.39, 0.29) is 6.10 Å². The number of nitrogens with two attached hydrogens (primary N) is 1. The highest BCUT2D eigenvalue weighted by molar-refractivity contribution is 5.28. The lowest BCUT2D eigenvalue weighted by Crippen LogP contribution is -2.06. The summed E-state index contributed by atoms with van der Waals surface area (Å²) in [6.07, 6.45) is 2.30. The second kappa shape index (κ2) is 5.66. The van der Waals surface area contributed by atoms with Crippen molar-refractivity contribution in [2.24, 2.45) is 5.73 Å². The summed E-state index contributed by atoms with van der Waals surface area (Å²) in [6, 6.07) is 8.23. The molecule has 1 aromatic carbocycles. The highest BCUT2D eigenvalue weighted by Crippen LogP contribution is 2.15. The zero-order valence-electron chi connectivity index (χ0n) is 8.99. The van der Waals surface area contributed by atoms with Gasteiger partial charge in [0.2, 0.25) is 0 Å². The third kappa shape index (κ3) is 3.79. The third-order valence-corrected chi connectivity index (χ3v) is 1.94. The van der Waals surface area contributed by atoms with Gasteiger partial charge in [0.05, 0.1) is 6.10 Å². The van der Waals surface area contributed by atoms with E-state index < -0.39 is 0 Å². The normalized spacial score (nSPS) is 10.6. The first-order chi connectivity index (χ1) is 6.72. The van der Waals surface area contributed by atoms with Gasteiger partial charge in [0, 0.05) is 0 Å². The van der Waals surface area contributed by atoms with Crippen LogP contribution in [0.1, 0.15) is 25.8 Å². The maximum Gasteiger partial charge on any atom is 0.119 e. The van der Waals surface area contributed by atoms with Gasteiger partial charge in [0.15, 0.2) is 0 Å². The van der Waals surface area contributed by atoms with Crippen molar-refractivity contribution in [2.75, 3.05) is 6.54 Å². The van der Waals surface area contributed by atoms with Crippen LogP contribution < -0.4 is 10.5 Å². The van der Waals surface area contributed by atoms with Crippen LogP contribution in [0.15, 0.2) is 24.3 Å². The molecule has 0 saturated heterocycles. The van der Waals surface area contributed by atoms with Gasteiger partial charge in [0.25, 0.3) is 0 Å². The lowest BCUT2D eigenvalue weighted by atomic mass is 10.1. The molecule has 14 heavy (non-hydrogen) atoms. The Morgan fingerprint density at radius 2 is 2.14 bits per heavy atom. The average Bonchev–Trinajstić information content (AvgIpc) is 2.14. The third-order valence-electron chi connectivity index (χ3n) is 1.94. The maximum atomic E-state index is 5.60. The molecule has 1 rings (SSSR count). The summed E-state index contributed by atoms with van der Waals surface area (Å²) in [4.78, 5) is 0. The number of rotatable bonds is 5. The van der Waals surface area contributed by atoms with Crippen LogP contribution in [-0.4, -0.2) is 12.6 Å². The van der Waals surface area contributed by atoms with Crippen LogP contribution in [0.5, 0.6) is 5.75 Å². The fraction of sp³-hybridized carbons (Fsp3) is 0.500. The van der Waals surface area contributed by atoms with Crippen molar-refractivity contribution in [1.82, 2.24) is 0 Å². The SMILES string of the molecule is CC(C)Oc1cccc(CCCN)c1. The highest BCUT2D eigenvalue weighted by Gasteiger charge is 1.98. The summed E-state index contributed by atoms with van der Waals surface area (Å²) in [5.41, 5.74) is 6.76. The van der Waals surface area contributed by atoms with E-state index in [0.717, 1.165) is 25.1 Å². The lowest BCUT2D eigenvalue weighted by molar-refractivity contribution is 0.242. The molecule has 0 amide bonds. The summed E-state index contributed by atoms with van der Waals surface area (Å²) < 4.78 is 5.60. The van der Waals surface area contributed by atoms with E-state index in [4.69, 9.17) is 10.5 Å². The van der Waals surface area contributed by atoms with E-state index in [1.165, 1.54) is 5.56 Å². The van der Waals surface area contributed by atoms with Gasteiger partial charge in [-0.3, -0.25) is 0 Å². The molecule has 0 unspecified atom stereocenters. The minimum Gasteiger partial charge on any atom is -0.491 e. The molecular formula is C12H19NO. The first-order valence-electron chi connectivity index (χ1n) is 5.18. The molecule has 1 aromatic rings. The average molecular weight is 193 g/mol. The molecule has 2 N–H and O–H groups in total. The molecule has 0 radical (unpaired) electrons. The Kier molecular flexibility index (Phi) is 4.47. The van der Waals surface area contributed by atoms with Crippen molar-refractivity contribution in [3.05, 3.63) is 29.8 Å². The van der Waals surface area contributed by atoms with E-state index >= 15 is 0 Å². The predicted molar refractivity (Wildman–Crippen MR) is 59.6 cm³/mol. The van der Waals surface area contributed by atoms with Crippen LogP contribution >= 0.6 is 0 Å². The number of ether oxygens (including phenoxy) is 1. The Bertz CT molecular complexity index is 271. The Labute approximate surface area is 86.1 Å². The predicted octanol–water partition coefficient (Wildman–Crippen LogP) is 2.37. The fourth-order valence-corrected chi connectivity index (χ4v) is 1.35. The Morgan fingerprint density at radius 1 is 1.36 bits per heavy atom. The smallest absolute Gasteiger partial charge is 0.119 e. The van der Waals surface area contributed by atoms with Gasteiger partial charge in [-0.25, -0.2) is 0 Å². The quantitative estimate of drug-likeness (QED) is 0.779. The Hall–Kier alpha value is -1.02. The molecule has 2 heteroatoms. The van der Waals surface area contributed by atoms with Gasteiger partial charge in [-0.05, 0) is 50.9 Å².